The van der Waals surface area contributed by atoms with Crippen LogP contribution in [0.3, 0.4) is 0 Å². The number of aromatic nitrogens is 2. The van der Waals surface area contributed by atoms with Gasteiger partial charge < -0.3 is 11.2 Å². The summed E-state index contributed by atoms with van der Waals surface area (Å²) in [6.45, 7) is 0. The lowest BCUT2D eigenvalue weighted by molar-refractivity contribution is -0.139. The molecule has 1 saturated heterocycles. The summed E-state index contributed by atoms with van der Waals surface area (Å²) in [7, 11) is 0. The molecule has 2 aromatic rings. The van der Waals surface area contributed by atoms with Crippen LogP contribution in [-0.2, 0) is 9.59 Å². The van der Waals surface area contributed by atoms with Crippen LogP contribution < -0.4 is 16.6 Å². The summed E-state index contributed by atoms with van der Waals surface area (Å²) in [5.41, 5.74) is 3.16. The molecule has 4 amide bonds. The molecule has 4 N–H and O–H groups in total. The number of imide groups is 1. The molecule has 1 aliphatic carbocycles. The second-order valence-corrected chi connectivity index (χ2v) is 8.16. The van der Waals surface area contributed by atoms with Crippen molar-refractivity contribution >= 4 is 29.6 Å². The van der Waals surface area contributed by atoms with Crippen LogP contribution in [0.4, 0.5) is 4.79 Å². The predicted octanol–water partition coefficient (Wildman–Crippen LogP) is 1.64. The molecule has 29 heavy (non-hydrogen) atoms. The van der Waals surface area contributed by atoms with E-state index in [1.165, 1.54) is 4.68 Å². The number of benzene rings is 1. The smallest absolute Gasteiger partial charge is 0.337 e. The van der Waals surface area contributed by atoms with Gasteiger partial charge in [0.05, 0.1) is 17.6 Å². The monoisotopic (exact) mass is 414 g/mol. The predicted molar refractivity (Wildman–Crippen MR) is 108 cm³/mol. The maximum atomic E-state index is 12.7. The molecule has 9 nitrogen and oxygen atoms in total. The fraction of sp³-hybridized carbons (Fsp3) is 0.368. The summed E-state index contributed by atoms with van der Waals surface area (Å²) in [6.07, 6.45) is 5.70. The van der Waals surface area contributed by atoms with Crippen LogP contribution in [0.1, 0.15) is 32.1 Å². The van der Waals surface area contributed by atoms with Crippen LogP contribution in [0.25, 0.3) is 11.3 Å². The molecule has 152 valence electrons. The number of carbonyl (C=O) groups is 3. The summed E-state index contributed by atoms with van der Waals surface area (Å²) >= 11 is 1.13. The van der Waals surface area contributed by atoms with E-state index in [-0.39, 0.29) is 11.7 Å². The lowest BCUT2D eigenvalue weighted by Gasteiger charge is -2.30. The number of thioether (sulfide) groups is 1. The molecular formula is C19H22N6O3S. The maximum absolute atomic E-state index is 12.7. The Bertz CT molecular complexity index is 939. The maximum Gasteiger partial charge on any atom is 0.344 e. The fourth-order valence-electron chi connectivity index (χ4n) is 3.73. The molecule has 2 aliphatic rings. The molecule has 1 aromatic heterocycles. The number of nitrogen functional groups attached to an aromatic ring is 1. The van der Waals surface area contributed by atoms with E-state index < -0.39 is 17.5 Å². The zero-order valence-electron chi connectivity index (χ0n) is 15.8. The lowest BCUT2D eigenvalue weighted by atomic mass is 9.82. The Kier molecular flexibility index (Phi) is 5.18. The van der Waals surface area contributed by atoms with Gasteiger partial charge in [0.2, 0.25) is 5.91 Å². The highest BCUT2D eigenvalue weighted by atomic mass is 32.2. The van der Waals surface area contributed by atoms with Gasteiger partial charge in [-0.1, -0.05) is 61.4 Å². The third-order valence-electron chi connectivity index (χ3n) is 5.21. The minimum atomic E-state index is -0.867. The van der Waals surface area contributed by atoms with Gasteiger partial charge in [-0.3, -0.25) is 15.0 Å². The number of urea groups is 1. The van der Waals surface area contributed by atoms with E-state index in [9.17, 15) is 14.4 Å². The topological polar surface area (TPSA) is 122 Å². The average molecular weight is 414 g/mol. The number of hydrazine groups is 1. The number of amides is 4. The number of hydrogen-bond donors (Lipinski definition) is 3. The van der Waals surface area contributed by atoms with E-state index in [1.807, 2.05) is 30.3 Å². The molecule has 0 radical (unpaired) electrons. The van der Waals surface area contributed by atoms with Gasteiger partial charge in [0.15, 0.2) is 5.16 Å². The first-order chi connectivity index (χ1) is 14.0. The molecule has 1 saturated carbocycles. The summed E-state index contributed by atoms with van der Waals surface area (Å²) in [5.74, 6) is 5.05. The van der Waals surface area contributed by atoms with Crippen LogP contribution in [0.5, 0.6) is 0 Å². The Hall–Kier alpha value is -3.01. The van der Waals surface area contributed by atoms with Gasteiger partial charge in [-0.05, 0) is 12.8 Å². The Morgan fingerprint density at radius 3 is 2.66 bits per heavy atom. The Morgan fingerprint density at radius 1 is 1.21 bits per heavy atom. The first-order valence-electron chi connectivity index (χ1n) is 9.47. The van der Waals surface area contributed by atoms with Gasteiger partial charge in [-0.2, -0.15) is 5.01 Å². The molecule has 10 heteroatoms. The molecule has 4 rings (SSSR count). The average Bonchev–Trinajstić information content (AvgIpc) is 3.21. The third-order valence-corrected chi connectivity index (χ3v) is 6.17. The second-order valence-electron chi connectivity index (χ2n) is 7.22. The Morgan fingerprint density at radius 2 is 1.93 bits per heavy atom. The van der Waals surface area contributed by atoms with Crippen LogP contribution in [0.2, 0.25) is 0 Å². The van der Waals surface area contributed by atoms with Crippen LogP contribution in [0.15, 0.2) is 41.7 Å². The molecule has 0 unspecified atom stereocenters. The van der Waals surface area contributed by atoms with Gasteiger partial charge in [-0.15, -0.1) is 0 Å². The number of nitrogens with two attached hydrogens (primary N) is 1. The molecule has 2 heterocycles. The largest absolute Gasteiger partial charge is 0.344 e. The van der Waals surface area contributed by atoms with Crippen molar-refractivity contribution in [1.29, 1.82) is 0 Å². The van der Waals surface area contributed by atoms with Crippen molar-refractivity contribution < 1.29 is 14.4 Å². The number of hydrogen-bond acceptors (Lipinski definition) is 6. The van der Waals surface area contributed by atoms with Gasteiger partial charge >= 0.3 is 6.03 Å². The summed E-state index contributed by atoms with van der Waals surface area (Å²) in [5, 5.41) is 4.02. The highest BCUT2D eigenvalue weighted by Gasteiger charge is 2.52. The fourth-order valence-corrected chi connectivity index (χ4v) is 4.42. The quantitative estimate of drug-likeness (QED) is 0.388. The standard InChI is InChI=1S/C19H22N6O3S/c20-24-11-14(13-7-3-1-4-8-13)21-18(24)29-12-15(26)23-25-16(27)19(22-17(25)28)9-5-2-6-10-19/h1,3-4,7-8,11H,2,5-6,9-10,12,20H2,(H,22,28)(H,23,26). The van der Waals surface area contributed by atoms with Crippen molar-refractivity contribution in [3.8, 4) is 11.3 Å². The number of imidazole rings is 1. The normalized spacial score (nSPS) is 18.1. The molecule has 0 atom stereocenters. The van der Waals surface area contributed by atoms with E-state index in [2.05, 4.69) is 15.7 Å². The summed E-state index contributed by atoms with van der Waals surface area (Å²) in [4.78, 5) is 41.7. The van der Waals surface area contributed by atoms with Crippen molar-refractivity contribution in [3.63, 3.8) is 0 Å². The van der Waals surface area contributed by atoms with E-state index >= 15 is 0 Å². The molecule has 1 aromatic carbocycles. The van der Waals surface area contributed by atoms with Gasteiger partial charge in [-0.25, -0.2) is 14.5 Å². The van der Waals surface area contributed by atoms with Crippen molar-refractivity contribution in [1.82, 2.24) is 25.4 Å². The Labute approximate surface area is 172 Å². The van der Waals surface area contributed by atoms with E-state index in [4.69, 9.17) is 5.84 Å². The first kappa shape index (κ1) is 19.3. The van der Waals surface area contributed by atoms with Gasteiger partial charge in [0.25, 0.3) is 5.91 Å². The number of carbonyl (C=O) groups excluding carboxylic acids is 3. The van der Waals surface area contributed by atoms with Crippen LogP contribution in [0, 0.1) is 0 Å². The van der Waals surface area contributed by atoms with Crippen molar-refractivity contribution in [2.45, 2.75) is 42.8 Å². The summed E-state index contributed by atoms with van der Waals surface area (Å²) < 4.78 is 1.35. The third kappa shape index (κ3) is 3.80. The molecular weight excluding hydrogens is 392 g/mol. The molecule has 1 aliphatic heterocycles. The van der Waals surface area contributed by atoms with Crippen molar-refractivity contribution in [3.05, 3.63) is 36.5 Å². The second kappa shape index (κ2) is 7.78. The van der Waals surface area contributed by atoms with Crippen molar-refractivity contribution in [2.24, 2.45) is 0 Å². The molecule has 1 spiro atoms. The van der Waals surface area contributed by atoms with Gasteiger partial charge in [0.1, 0.15) is 5.54 Å². The van der Waals surface area contributed by atoms with Crippen molar-refractivity contribution in [2.75, 3.05) is 11.6 Å². The van der Waals surface area contributed by atoms with E-state index in [0.29, 0.717) is 23.7 Å². The number of nitrogens with zero attached hydrogens (tertiary/aromatic N) is 3. The SMILES string of the molecule is Nn1cc(-c2ccccc2)nc1SCC(=O)NN1C(=O)NC2(CCCCC2)C1=O. The minimum Gasteiger partial charge on any atom is -0.337 e. The first-order valence-corrected chi connectivity index (χ1v) is 10.5. The van der Waals surface area contributed by atoms with E-state index in [0.717, 1.165) is 41.6 Å². The highest BCUT2D eigenvalue weighted by Crippen LogP contribution is 2.33. The van der Waals surface area contributed by atoms with Gasteiger partial charge in [0, 0.05) is 5.56 Å². The molecule has 0 bridgehead atoms. The lowest BCUT2D eigenvalue weighted by Crippen LogP contribution is -2.51. The number of rotatable bonds is 5. The van der Waals surface area contributed by atoms with Crippen LogP contribution >= 0.6 is 11.8 Å². The van der Waals surface area contributed by atoms with E-state index in [1.54, 1.807) is 6.20 Å². The zero-order valence-corrected chi connectivity index (χ0v) is 16.6. The summed E-state index contributed by atoms with van der Waals surface area (Å²) in [6, 6.07) is 8.98. The Balaban J connectivity index is 1.37. The minimum absolute atomic E-state index is 0.0352. The molecule has 2 fully saturated rings. The van der Waals surface area contributed by atoms with Crippen LogP contribution in [-0.4, -0.2) is 43.8 Å². The number of nitrogens with one attached hydrogen (secondary N) is 2. The zero-order chi connectivity index (χ0) is 20.4. The highest BCUT2D eigenvalue weighted by molar-refractivity contribution is 7.99.